The van der Waals surface area contributed by atoms with Crippen LogP contribution in [-0.2, 0) is 9.59 Å². The van der Waals surface area contributed by atoms with Crippen LogP contribution in [0.1, 0.15) is 32.8 Å². The number of anilines is 2. The van der Waals surface area contributed by atoms with Crippen LogP contribution < -0.4 is 19.7 Å². The van der Waals surface area contributed by atoms with Gasteiger partial charge in [0, 0.05) is 13.0 Å². The highest BCUT2D eigenvalue weighted by atomic mass is 16.5. The molecule has 3 rings (SSSR count). The highest BCUT2D eigenvalue weighted by Gasteiger charge is 2.40. The average molecular weight is 382 g/mol. The second-order valence-corrected chi connectivity index (χ2v) is 7.27. The Hall–Kier alpha value is -3.02. The summed E-state index contributed by atoms with van der Waals surface area (Å²) in [5.41, 5.74) is 1.38. The van der Waals surface area contributed by atoms with Crippen molar-refractivity contribution in [3.63, 3.8) is 0 Å². The van der Waals surface area contributed by atoms with Crippen molar-refractivity contribution in [1.82, 2.24) is 0 Å². The third-order valence-corrected chi connectivity index (χ3v) is 4.55. The lowest BCUT2D eigenvalue weighted by Gasteiger charge is -2.38. The standard InChI is InChI=1S/C22H26N2O4/c1-5-27-18-9-7-6-8-16(18)23-20(25)12-13-24-17-14-15(2)10-11-19(17)28-22(3,4)21(24)26/h6-11,14H,5,12-13H2,1-4H3,(H,23,25). The number of nitrogens with one attached hydrogen (secondary N) is 1. The van der Waals surface area contributed by atoms with Gasteiger partial charge >= 0.3 is 0 Å². The molecule has 0 radical (unpaired) electrons. The minimum Gasteiger partial charge on any atom is -0.492 e. The van der Waals surface area contributed by atoms with Crippen molar-refractivity contribution in [2.75, 3.05) is 23.4 Å². The largest absolute Gasteiger partial charge is 0.492 e. The number of rotatable bonds is 6. The van der Waals surface area contributed by atoms with Gasteiger partial charge in [0.05, 0.1) is 18.0 Å². The van der Waals surface area contributed by atoms with Crippen molar-refractivity contribution in [2.45, 2.75) is 39.7 Å². The van der Waals surface area contributed by atoms with Crippen molar-refractivity contribution in [3.05, 3.63) is 48.0 Å². The van der Waals surface area contributed by atoms with E-state index in [0.29, 0.717) is 29.5 Å². The molecule has 148 valence electrons. The van der Waals surface area contributed by atoms with Crippen LogP contribution in [0.2, 0.25) is 0 Å². The minimum atomic E-state index is -0.972. The molecule has 1 N–H and O–H groups in total. The van der Waals surface area contributed by atoms with Crippen molar-refractivity contribution < 1.29 is 19.1 Å². The van der Waals surface area contributed by atoms with Crippen LogP contribution in [0.3, 0.4) is 0 Å². The van der Waals surface area contributed by atoms with E-state index in [1.165, 1.54) is 0 Å². The summed E-state index contributed by atoms with van der Waals surface area (Å²) < 4.78 is 11.4. The summed E-state index contributed by atoms with van der Waals surface area (Å²) in [5, 5.41) is 2.87. The van der Waals surface area contributed by atoms with E-state index in [2.05, 4.69) is 5.32 Å². The van der Waals surface area contributed by atoms with Gasteiger partial charge in [0.2, 0.25) is 5.91 Å². The van der Waals surface area contributed by atoms with Crippen LogP contribution in [0.5, 0.6) is 11.5 Å². The van der Waals surface area contributed by atoms with Gasteiger partial charge in [0.1, 0.15) is 11.5 Å². The van der Waals surface area contributed by atoms with Crippen molar-refractivity contribution in [3.8, 4) is 11.5 Å². The van der Waals surface area contributed by atoms with Crippen molar-refractivity contribution in [1.29, 1.82) is 0 Å². The molecule has 0 aromatic heterocycles. The maximum absolute atomic E-state index is 12.9. The quantitative estimate of drug-likeness (QED) is 0.822. The molecule has 0 atom stereocenters. The summed E-state index contributed by atoms with van der Waals surface area (Å²) in [6.45, 7) is 8.11. The number of carbonyl (C=O) groups excluding carboxylic acids is 2. The molecule has 6 nitrogen and oxygen atoms in total. The van der Waals surface area contributed by atoms with Gasteiger partial charge in [-0.2, -0.15) is 0 Å². The molecular weight excluding hydrogens is 356 g/mol. The van der Waals surface area contributed by atoms with E-state index in [-0.39, 0.29) is 24.8 Å². The lowest BCUT2D eigenvalue weighted by Crippen LogP contribution is -2.53. The SMILES string of the molecule is CCOc1ccccc1NC(=O)CCN1C(=O)C(C)(C)Oc2ccc(C)cc21. The van der Waals surface area contributed by atoms with E-state index in [0.717, 1.165) is 5.56 Å². The Kier molecular flexibility index (Phi) is 5.58. The van der Waals surface area contributed by atoms with Gasteiger partial charge in [0.15, 0.2) is 5.60 Å². The zero-order chi connectivity index (χ0) is 20.3. The zero-order valence-electron chi connectivity index (χ0n) is 16.7. The van der Waals surface area contributed by atoms with Gasteiger partial charge in [-0.3, -0.25) is 9.59 Å². The molecule has 6 heteroatoms. The number of nitrogens with zero attached hydrogens (tertiary/aromatic N) is 1. The van der Waals surface area contributed by atoms with Gasteiger partial charge in [-0.05, 0) is 57.5 Å². The van der Waals surface area contributed by atoms with Crippen LogP contribution >= 0.6 is 0 Å². The third-order valence-electron chi connectivity index (χ3n) is 4.55. The molecule has 2 amide bonds. The predicted octanol–water partition coefficient (Wildman–Crippen LogP) is 3.93. The second-order valence-electron chi connectivity index (χ2n) is 7.27. The number of ether oxygens (including phenoxy) is 2. The summed E-state index contributed by atoms with van der Waals surface area (Å²) in [6, 6.07) is 13.0. The summed E-state index contributed by atoms with van der Waals surface area (Å²) in [7, 11) is 0. The minimum absolute atomic E-state index is 0.159. The highest BCUT2D eigenvalue weighted by Crippen LogP contribution is 2.38. The summed E-state index contributed by atoms with van der Waals surface area (Å²) in [5.74, 6) is 0.937. The number of para-hydroxylation sites is 2. The third kappa shape index (κ3) is 4.11. The van der Waals surface area contributed by atoms with Crippen LogP contribution in [-0.4, -0.2) is 30.6 Å². The van der Waals surface area contributed by atoms with E-state index >= 15 is 0 Å². The van der Waals surface area contributed by atoms with Crippen LogP contribution in [0.15, 0.2) is 42.5 Å². The first-order valence-corrected chi connectivity index (χ1v) is 9.45. The Labute approximate surface area is 165 Å². The topological polar surface area (TPSA) is 67.9 Å². The summed E-state index contributed by atoms with van der Waals surface area (Å²) >= 11 is 0. The first-order valence-electron chi connectivity index (χ1n) is 9.45. The van der Waals surface area contributed by atoms with Gasteiger partial charge in [-0.25, -0.2) is 0 Å². The zero-order valence-corrected chi connectivity index (χ0v) is 16.7. The van der Waals surface area contributed by atoms with E-state index in [1.54, 1.807) is 24.8 Å². The number of fused-ring (bicyclic) bond motifs is 1. The summed E-state index contributed by atoms with van der Waals surface area (Å²) in [4.78, 5) is 27.0. The van der Waals surface area contributed by atoms with Crippen molar-refractivity contribution in [2.24, 2.45) is 0 Å². The normalized spacial score (nSPS) is 14.9. The van der Waals surface area contributed by atoms with Gasteiger partial charge in [-0.1, -0.05) is 18.2 Å². The lowest BCUT2D eigenvalue weighted by atomic mass is 10.0. The molecular formula is C22H26N2O4. The molecule has 1 aliphatic heterocycles. The fourth-order valence-electron chi connectivity index (χ4n) is 3.18. The number of hydrogen-bond donors (Lipinski definition) is 1. The van der Waals surface area contributed by atoms with Crippen LogP contribution in [0.25, 0.3) is 0 Å². The number of benzene rings is 2. The number of carbonyl (C=O) groups is 2. The Morgan fingerprint density at radius 2 is 1.96 bits per heavy atom. The molecule has 2 aromatic carbocycles. The number of amides is 2. The second kappa shape index (κ2) is 7.92. The van der Waals surface area contributed by atoms with Crippen LogP contribution in [0, 0.1) is 6.92 Å². The van der Waals surface area contributed by atoms with E-state index in [1.807, 2.05) is 50.2 Å². The smallest absolute Gasteiger partial charge is 0.270 e. The Morgan fingerprint density at radius 1 is 1.21 bits per heavy atom. The number of hydrogen-bond acceptors (Lipinski definition) is 4. The molecule has 0 spiro atoms. The lowest BCUT2D eigenvalue weighted by molar-refractivity contribution is -0.132. The Bertz CT molecular complexity index is 892. The van der Waals surface area contributed by atoms with Crippen LogP contribution in [0.4, 0.5) is 11.4 Å². The maximum Gasteiger partial charge on any atom is 0.270 e. The highest BCUT2D eigenvalue weighted by molar-refractivity contribution is 6.03. The number of aryl methyl sites for hydroxylation is 1. The first kappa shape index (κ1) is 19.7. The monoisotopic (exact) mass is 382 g/mol. The van der Waals surface area contributed by atoms with Crippen molar-refractivity contribution >= 4 is 23.2 Å². The molecule has 0 aliphatic carbocycles. The van der Waals surface area contributed by atoms with Gasteiger partial charge in [-0.15, -0.1) is 0 Å². The molecule has 2 aromatic rings. The van der Waals surface area contributed by atoms with E-state index < -0.39 is 5.60 Å². The molecule has 0 unspecified atom stereocenters. The Balaban J connectivity index is 1.74. The molecule has 0 bridgehead atoms. The molecule has 28 heavy (non-hydrogen) atoms. The predicted molar refractivity (Wildman–Crippen MR) is 109 cm³/mol. The summed E-state index contributed by atoms with van der Waals surface area (Å²) in [6.07, 6.45) is 0.162. The molecule has 0 saturated heterocycles. The average Bonchev–Trinajstić information content (AvgIpc) is 2.64. The molecule has 1 heterocycles. The fourth-order valence-corrected chi connectivity index (χ4v) is 3.18. The molecule has 1 aliphatic rings. The maximum atomic E-state index is 12.9. The van der Waals surface area contributed by atoms with Gasteiger partial charge < -0.3 is 19.7 Å². The fraction of sp³-hybridized carbons (Fsp3) is 0.364. The molecule has 0 fully saturated rings. The van der Waals surface area contributed by atoms with E-state index in [4.69, 9.17) is 9.47 Å². The van der Waals surface area contributed by atoms with E-state index in [9.17, 15) is 9.59 Å². The first-order chi connectivity index (χ1) is 13.3. The Morgan fingerprint density at radius 3 is 2.71 bits per heavy atom. The van der Waals surface area contributed by atoms with Gasteiger partial charge in [0.25, 0.3) is 5.91 Å². The molecule has 0 saturated carbocycles.